The Hall–Kier alpha value is -4.13. The highest BCUT2D eigenvalue weighted by molar-refractivity contribution is 6.00. The van der Waals surface area contributed by atoms with E-state index in [4.69, 9.17) is 10.5 Å². The molecule has 4 aromatic rings. The minimum absolute atomic E-state index is 0.00946. The molecule has 0 atom stereocenters. The van der Waals surface area contributed by atoms with Gasteiger partial charge in [0.2, 0.25) is 0 Å². The molecule has 3 aromatic carbocycles. The van der Waals surface area contributed by atoms with Crippen LogP contribution >= 0.6 is 0 Å². The molecule has 2 amide bonds. The van der Waals surface area contributed by atoms with Crippen molar-refractivity contribution in [2.75, 3.05) is 0 Å². The Morgan fingerprint density at radius 1 is 0.971 bits per heavy atom. The van der Waals surface area contributed by atoms with Gasteiger partial charge in [-0.3, -0.25) is 9.59 Å². The minimum Gasteiger partial charge on any atom is -0.446 e. The van der Waals surface area contributed by atoms with E-state index in [1.54, 1.807) is 6.07 Å². The van der Waals surface area contributed by atoms with E-state index in [-0.39, 0.29) is 18.1 Å². The molecule has 7 heteroatoms. The van der Waals surface area contributed by atoms with E-state index in [2.05, 4.69) is 29.6 Å². The molecular weight excluding hydrogens is 442 g/mol. The molecule has 5 rings (SSSR count). The van der Waals surface area contributed by atoms with Gasteiger partial charge in [-0.05, 0) is 54.2 Å². The van der Waals surface area contributed by atoms with Crippen LogP contribution in [0.3, 0.4) is 0 Å². The zero-order valence-electron chi connectivity index (χ0n) is 19.3. The molecule has 0 bridgehead atoms. The Balaban J connectivity index is 1.46. The van der Waals surface area contributed by atoms with Gasteiger partial charge in [-0.1, -0.05) is 54.6 Å². The van der Waals surface area contributed by atoms with Gasteiger partial charge in [0.05, 0.1) is 0 Å². The molecule has 3 N–H and O–H groups in total. The molecule has 0 aliphatic heterocycles. The van der Waals surface area contributed by atoms with Gasteiger partial charge in [0, 0.05) is 29.1 Å². The fraction of sp³-hybridized carbons (Fsp3) is 0.250. The van der Waals surface area contributed by atoms with Crippen LogP contribution in [0.15, 0.2) is 66.7 Å². The summed E-state index contributed by atoms with van der Waals surface area (Å²) in [5, 5.41) is 6.33. The number of hydrogen-bond acceptors (Lipinski definition) is 4. The average molecular weight is 470 g/mol. The van der Waals surface area contributed by atoms with Crippen molar-refractivity contribution in [3.8, 4) is 0 Å². The fourth-order valence-electron chi connectivity index (χ4n) is 5.05. The Morgan fingerprint density at radius 2 is 1.74 bits per heavy atom. The maximum atomic E-state index is 13.5. The normalized spacial score (nSPS) is 17.8. The van der Waals surface area contributed by atoms with E-state index in [0.717, 1.165) is 33.5 Å². The number of aldehydes is 1. The Morgan fingerprint density at radius 3 is 2.51 bits per heavy atom. The van der Waals surface area contributed by atoms with Crippen molar-refractivity contribution < 1.29 is 19.1 Å². The summed E-state index contributed by atoms with van der Waals surface area (Å²) < 4.78 is 7.09. The molecule has 1 heterocycles. The number of nitrogens with one attached hydrogen (secondary N) is 1. The van der Waals surface area contributed by atoms with Gasteiger partial charge >= 0.3 is 6.09 Å². The number of fused-ring (bicyclic) bond motifs is 2. The second-order valence-corrected chi connectivity index (χ2v) is 9.07. The van der Waals surface area contributed by atoms with Crippen molar-refractivity contribution in [1.82, 2.24) is 9.88 Å². The van der Waals surface area contributed by atoms with Crippen LogP contribution in [0.5, 0.6) is 0 Å². The SMILES string of the molecule is NC(=O)O[C@H]1CC[C@H](NC(=O)c2cc3ccc(C=O)cc3n2Cc2cccc3ccccc23)CC1. The van der Waals surface area contributed by atoms with Crippen LogP contribution in [0.4, 0.5) is 4.79 Å². The van der Waals surface area contributed by atoms with Crippen molar-refractivity contribution in [3.05, 3.63) is 83.6 Å². The first kappa shape index (κ1) is 22.7. The van der Waals surface area contributed by atoms with E-state index in [1.807, 2.05) is 41.0 Å². The molecule has 1 saturated carbocycles. The number of benzene rings is 3. The van der Waals surface area contributed by atoms with Gasteiger partial charge in [0.25, 0.3) is 5.91 Å². The summed E-state index contributed by atoms with van der Waals surface area (Å²) in [4.78, 5) is 35.9. The predicted octanol–water partition coefficient (Wildman–Crippen LogP) is 4.79. The van der Waals surface area contributed by atoms with Crippen molar-refractivity contribution in [2.45, 2.75) is 44.4 Å². The van der Waals surface area contributed by atoms with Gasteiger partial charge in [0.15, 0.2) is 0 Å². The van der Waals surface area contributed by atoms with E-state index < -0.39 is 6.09 Å². The first-order valence-corrected chi connectivity index (χ1v) is 11.8. The van der Waals surface area contributed by atoms with Crippen LogP contribution < -0.4 is 11.1 Å². The monoisotopic (exact) mass is 469 g/mol. The van der Waals surface area contributed by atoms with Gasteiger partial charge in [-0.2, -0.15) is 0 Å². The van der Waals surface area contributed by atoms with Crippen LogP contribution in [0.25, 0.3) is 21.7 Å². The number of nitrogens with two attached hydrogens (primary N) is 1. The number of primary amides is 1. The Kier molecular flexibility index (Phi) is 6.23. The summed E-state index contributed by atoms with van der Waals surface area (Å²) in [5.41, 5.74) is 8.18. The molecule has 0 spiro atoms. The summed E-state index contributed by atoms with van der Waals surface area (Å²) in [7, 11) is 0. The highest BCUT2D eigenvalue weighted by Gasteiger charge is 2.26. The zero-order chi connectivity index (χ0) is 24.4. The Labute approximate surface area is 202 Å². The number of aromatic nitrogens is 1. The number of carbonyl (C=O) groups excluding carboxylic acids is 3. The number of amides is 2. The fourth-order valence-corrected chi connectivity index (χ4v) is 5.05. The third kappa shape index (κ3) is 4.75. The summed E-state index contributed by atoms with van der Waals surface area (Å²) in [6.07, 6.45) is 2.61. The lowest BCUT2D eigenvalue weighted by Crippen LogP contribution is -2.40. The van der Waals surface area contributed by atoms with Crippen molar-refractivity contribution in [1.29, 1.82) is 0 Å². The molecule has 1 aliphatic carbocycles. The van der Waals surface area contributed by atoms with E-state index in [0.29, 0.717) is 43.5 Å². The lowest BCUT2D eigenvalue weighted by atomic mass is 9.93. The number of ether oxygens (including phenoxy) is 1. The van der Waals surface area contributed by atoms with Crippen LogP contribution in [0, 0.1) is 0 Å². The van der Waals surface area contributed by atoms with E-state index >= 15 is 0 Å². The third-order valence-electron chi connectivity index (χ3n) is 6.80. The lowest BCUT2D eigenvalue weighted by molar-refractivity contribution is 0.0708. The molecule has 0 unspecified atom stereocenters. The van der Waals surface area contributed by atoms with Crippen molar-refractivity contribution in [3.63, 3.8) is 0 Å². The largest absolute Gasteiger partial charge is 0.446 e. The van der Waals surface area contributed by atoms with Crippen molar-refractivity contribution in [2.24, 2.45) is 5.73 Å². The molecule has 35 heavy (non-hydrogen) atoms. The molecule has 178 valence electrons. The zero-order valence-corrected chi connectivity index (χ0v) is 19.3. The second kappa shape index (κ2) is 9.62. The number of rotatable bonds is 6. The number of hydrogen-bond donors (Lipinski definition) is 2. The van der Waals surface area contributed by atoms with E-state index in [9.17, 15) is 14.4 Å². The topological polar surface area (TPSA) is 103 Å². The van der Waals surface area contributed by atoms with Gasteiger partial charge in [-0.25, -0.2) is 4.79 Å². The third-order valence-corrected chi connectivity index (χ3v) is 6.80. The van der Waals surface area contributed by atoms with Gasteiger partial charge in [-0.15, -0.1) is 0 Å². The molecule has 1 aromatic heterocycles. The summed E-state index contributed by atoms with van der Waals surface area (Å²) in [6.45, 7) is 0.495. The maximum Gasteiger partial charge on any atom is 0.404 e. The first-order valence-electron chi connectivity index (χ1n) is 11.8. The molecule has 0 radical (unpaired) electrons. The lowest BCUT2D eigenvalue weighted by Gasteiger charge is -2.28. The van der Waals surface area contributed by atoms with Crippen LogP contribution in [0.2, 0.25) is 0 Å². The second-order valence-electron chi connectivity index (χ2n) is 9.07. The predicted molar refractivity (Wildman–Crippen MR) is 135 cm³/mol. The van der Waals surface area contributed by atoms with Gasteiger partial charge in [0.1, 0.15) is 18.1 Å². The molecule has 1 aliphatic rings. The molecule has 7 nitrogen and oxygen atoms in total. The highest BCUT2D eigenvalue weighted by atomic mass is 16.6. The number of carbonyl (C=O) groups is 3. The van der Waals surface area contributed by atoms with E-state index in [1.165, 1.54) is 0 Å². The molecule has 1 fully saturated rings. The van der Waals surface area contributed by atoms with Gasteiger partial charge < -0.3 is 20.4 Å². The molecule has 0 saturated heterocycles. The highest BCUT2D eigenvalue weighted by Crippen LogP contribution is 2.27. The number of nitrogens with zero attached hydrogens (tertiary/aromatic N) is 1. The standard InChI is InChI=1S/C28H27N3O4/c29-28(34)35-23-12-10-22(11-13-23)30-27(33)26-15-20-9-8-18(17-32)14-25(20)31(26)16-21-6-3-5-19-4-1-2-7-24(19)21/h1-9,14-15,17,22-23H,10-13,16H2,(H2,29,34)(H,30,33)/t22-,23-. The summed E-state index contributed by atoms with van der Waals surface area (Å²) in [6, 6.07) is 21.7. The summed E-state index contributed by atoms with van der Waals surface area (Å²) >= 11 is 0. The smallest absolute Gasteiger partial charge is 0.404 e. The minimum atomic E-state index is -0.759. The van der Waals surface area contributed by atoms with Crippen molar-refractivity contribution >= 4 is 40.0 Å². The quantitative estimate of drug-likeness (QED) is 0.396. The maximum absolute atomic E-state index is 13.5. The first-order chi connectivity index (χ1) is 17.0. The molecular formula is C28H27N3O4. The average Bonchev–Trinajstić information content (AvgIpc) is 3.23. The van der Waals surface area contributed by atoms with Crippen LogP contribution in [0.1, 0.15) is 52.1 Å². The summed E-state index contributed by atoms with van der Waals surface area (Å²) in [5.74, 6) is -0.159. The van der Waals surface area contributed by atoms with Crippen LogP contribution in [-0.2, 0) is 11.3 Å². The van der Waals surface area contributed by atoms with Crippen LogP contribution in [-0.4, -0.2) is 35.0 Å². The Bertz CT molecular complexity index is 1410.